The van der Waals surface area contributed by atoms with Crippen LogP contribution in [0.5, 0.6) is 0 Å². The number of rotatable bonds is 5. The van der Waals surface area contributed by atoms with E-state index in [1.165, 1.54) is 23.3 Å². The third-order valence-electron chi connectivity index (χ3n) is 4.81. The lowest BCUT2D eigenvalue weighted by Gasteiger charge is -2.41. The molecule has 0 aliphatic carbocycles. The van der Waals surface area contributed by atoms with Crippen LogP contribution in [-0.4, -0.2) is 40.5 Å². The first kappa shape index (κ1) is 16.4. The number of aromatic nitrogens is 1. The first-order chi connectivity index (χ1) is 11.1. The molecule has 0 spiro atoms. The van der Waals surface area contributed by atoms with Crippen LogP contribution in [0.25, 0.3) is 0 Å². The SMILES string of the molecule is CC1CC(N(C)Cc2cnc(N)s2)CCN1Cc1ccccc1. The summed E-state index contributed by atoms with van der Waals surface area (Å²) >= 11 is 1.60. The monoisotopic (exact) mass is 330 g/mol. The minimum Gasteiger partial charge on any atom is -0.375 e. The van der Waals surface area contributed by atoms with E-state index in [1.54, 1.807) is 11.3 Å². The lowest BCUT2D eigenvalue weighted by atomic mass is 9.96. The molecular formula is C18H26N4S. The third kappa shape index (κ3) is 4.31. The molecule has 4 nitrogen and oxygen atoms in total. The van der Waals surface area contributed by atoms with Crippen molar-refractivity contribution in [1.82, 2.24) is 14.8 Å². The van der Waals surface area contributed by atoms with Gasteiger partial charge in [-0.15, -0.1) is 11.3 Å². The van der Waals surface area contributed by atoms with Gasteiger partial charge in [0.05, 0.1) is 0 Å². The van der Waals surface area contributed by atoms with Crippen molar-refractivity contribution in [3.8, 4) is 0 Å². The number of nitrogens with zero attached hydrogens (tertiary/aromatic N) is 3. The van der Waals surface area contributed by atoms with Gasteiger partial charge in [0.15, 0.2) is 5.13 Å². The Balaban J connectivity index is 1.53. The lowest BCUT2D eigenvalue weighted by Crippen LogP contribution is -2.47. The Bertz CT molecular complexity index is 612. The number of likely N-dealkylation sites (tertiary alicyclic amines) is 1. The molecule has 0 radical (unpaired) electrons. The predicted octanol–water partition coefficient (Wildman–Crippen LogP) is 3.21. The molecule has 0 saturated carbocycles. The number of hydrogen-bond acceptors (Lipinski definition) is 5. The lowest BCUT2D eigenvalue weighted by molar-refractivity contribution is 0.0776. The Morgan fingerprint density at radius 1 is 1.35 bits per heavy atom. The van der Waals surface area contributed by atoms with E-state index in [9.17, 15) is 0 Å². The minimum absolute atomic E-state index is 0.614. The molecule has 2 atom stereocenters. The van der Waals surface area contributed by atoms with Gasteiger partial charge in [-0.1, -0.05) is 30.3 Å². The summed E-state index contributed by atoms with van der Waals surface area (Å²) in [4.78, 5) is 10.5. The van der Waals surface area contributed by atoms with Crippen LogP contribution in [0, 0.1) is 0 Å². The van der Waals surface area contributed by atoms with Gasteiger partial charge in [-0.3, -0.25) is 9.80 Å². The molecule has 5 heteroatoms. The molecule has 1 aromatic heterocycles. The zero-order valence-electron chi connectivity index (χ0n) is 14.0. The van der Waals surface area contributed by atoms with Gasteiger partial charge in [0, 0.05) is 42.8 Å². The first-order valence-corrected chi connectivity index (χ1v) is 9.12. The average molecular weight is 331 g/mol. The van der Waals surface area contributed by atoms with Crippen molar-refractivity contribution in [1.29, 1.82) is 0 Å². The summed E-state index contributed by atoms with van der Waals surface area (Å²) in [6.45, 7) is 5.53. The van der Waals surface area contributed by atoms with Crippen LogP contribution in [-0.2, 0) is 13.1 Å². The standard InChI is InChI=1S/C18H26N4S/c1-14-10-16(21(2)13-17-11-20-18(19)23-17)8-9-22(14)12-15-6-4-3-5-7-15/h3-7,11,14,16H,8-10,12-13H2,1-2H3,(H2,19,20). The van der Waals surface area contributed by atoms with Crippen LogP contribution in [0.4, 0.5) is 5.13 Å². The fraction of sp³-hybridized carbons (Fsp3) is 0.500. The smallest absolute Gasteiger partial charge is 0.180 e. The van der Waals surface area contributed by atoms with Crippen molar-refractivity contribution in [2.45, 2.75) is 44.9 Å². The molecule has 1 aliphatic heterocycles. The number of nitrogens with two attached hydrogens (primary N) is 1. The summed E-state index contributed by atoms with van der Waals surface area (Å²) < 4.78 is 0. The van der Waals surface area contributed by atoms with E-state index in [4.69, 9.17) is 5.73 Å². The van der Waals surface area contributed by atoms with Crippen molar-refractivity contribution in [2.75, 3.05) is 19.3 Å². The maximum Gasteiger partial charge on any atom is 0.180 e. The van der Waals surface area contributed by atoms with Crippen LogP contribution in [0.1, 0.15) is 30.2 Å². The van der Waals surface area contributed by atoms with E-state index in [0.29, 0.717) is 17.2 Å². The van der Waals surface area contributed by atoms with E-state index in [0.717, 1.165) is 19.6 Å². The second kappa shape index (κ2) is 7.43. The molecule has 1 aliphatic rings. The highest BCUT2D eigenvalue weighted by molar-refractivity contribution is 7.15. The second-order valence-corrected chi connectivity index (χ2v) is 7.71. The van der Waals surface area contributed by atoms with Crippen molar-refractivity contribution in [2.24, 2.45) is 0 Å². The van der Waals surface area contributed by atoms with Crippen LogP contribution in [0.3, 0.4) is 0 Å². The Labute approximate surface area is 142 Å². The number of benzene rings is 1. The maximum atomic E-state index is 5.73. The molecule has 2 N–H and O–H groups in total. The number of thiazole rings is 1. The Hall–Kier alpha value is -1.43. The highest BCUT2D eigenvalue weighted by Gasteiger charge is 2.27. The van der Waals surface area contributed by atoms with Gasteiger partial charge >= 0.3 is 0 Å². The van der Waals surface area contributed by atoms with Gasteiger partial charge in [-0.05, 0) is 32.4 Å². The fourth-order valence-corrected chi connectivity index (χ4v) is 4.17. The predicted molar refractivity (Wildman–Crippen MR) is 97.3 cm³/mol. The minimum atomic E-state index is 0.614. The normalized spacial score (nSPS) is 22.6. The van der Waals surface area contributed by atoms with Gasteiger partial charge in [0.25, 0.3) is 0 Å². The topological polar surface area (TPSA) is 45.4 Å². The van der Waals surface area contributed by atoms with E-state index in [-0.39, 0.29) is 0 Å². The molecule has 124 valence electrons. The Morgan fingerprint density at radius 2 is 2.13 bits per heavy atom. The molecule has 0 bridgehead atoms. The molecule has 23 heavy (non-hydrogen) atoms. The van der Waals surface area contributed by atoms with E-state index in [2.05, 4.69) is 59.1 Å². The van der Waals surface area contributed by atoms with Crippen LogP contribution in [0.15, 0.2) is 36.5 Å². The summed E-state index contributed by atoms with van der Waals surface area (Å²) in [5.74, 6) is 0. The number of hydrogen-bond donors (Lipinski definition) is 1. The number of piperidine rings is 1. The highest BCUT2D eigenvalue weighted by atomic mass is 32.1. The second-order valence-electron chi connectivity index (χ2n) is 6.56. The van der Waals surface area contributed by atoms with Crippen molar-refractivity contribution in [3.05, 3.63) is 47.0 Å². The quantitative estimate of drug-likeness (QED) is 0.914. The van der Waals surface area contributed by atoms with Crippen molar-refractivity contribution in [3.63, 3.8) is 0 Å². The van der Waals surface area contributed by atoms with Gasteiger partial charge < -0.3 is 5.73 Å². The molecule has 0 amide bonds. The number of nitrogen functional groups attached to an aromatic ring is 1. The fourth-order valence-electron chi connectivity index (χ4n) is 3.42. The van der Waals surface area contributed by atoms with E-state index in [1.807, 2.05) is 6.20 Å². The number of anilines is 1. The summed E-state index contributed by atoms with van der Waals surface area (Å²) in [7, 11) is 2.22. The summed E-state index contributed by atoms with van der Waals surface area (Å²) in [6, 6.07) is 12.0. The molecule has 1 saturated heterocycles. The zero-order chi connectivity index (χ0) is 16.2. The largest absolute Gasteiger partial charge is 0.375 e. The summed E-state index contributed by atoms with van der Waals surface area (Å²) in [5, 5.41) is 0.666. The van der Waals surface area contributed by atoms with E-state index >= 15 is 0 Å². The molecule has 2 unspecified atom stereocenters. The first-order valence-electron chi connectivity index (χ1n) is 8.30. The maximum absolute atomic E-state index is 5.73. The molecule has 1 aromatic carbocycles. The molecule has 2 heterocycles. The Morgan fingerprint density at radius 3 is 2.78 bits per heavy atom. The van der Waals surface area contributed by atoms with Gasteiger partial charge in [0.2, 0.25) is 0 Å². The third-order valence-corrected chi connectivity index (χ3v) is 5.63. The summed E-state index contributed by atoms with van der Waals surface area (Å²) in [5.41, 5.74) is 7.14. The van der Waals surface area contributed by atoms with Crippen molar-refractivity contribution >= 4 is 16.5 Å². The van der Waals surface area contributed by atoms with Gasteiger partial charge in [-0.2, -0.15) is 0 Å². The highest BCUT2D eigenvalue weighted by Crippen LogP contribution is 2.25. The van der Waals surface area contributed by atoms with Crippen LogP contribution >= 0.6 is 11.3 Å². The van der Waals surface area contributed by atoms with Crippen LogP contribution in [0.2, 0.25) is 0 Å². The van der Waals surface area contributed by atoms with Gasteiger partial charge in [-0.25, -0.2) is 4.98 Å². The van der Waals surface area contributed by atoms with Crippen molar-refractivity contribution < 1.29 is 0 Å². The van der Waals surface area contributed by atoms with Crippen LogP contribution < -0.4 is 5.73 Å². The van der Waals surface area contributed by atoms with Gasteiger partial charge in [0.1, 0.15) is 0 Å². The molecule has 1 fully saturated rings. The summed E-state index contributed by atoms with van der Waals surface area (Å²) in [6.07, 6.45) is 4.35. The zero-order valence-corrected chi connectivity index (χ0v) is 14.8. The van der Waals surface area contributed by atoms with E-state index < -0.39 is 0 Å². The average Bonchev–Trinajstić information content (AvgIpc) is 2.95. The molecule has 3 rings (SSSR count). The molecular weight excluding hydrogens is 304 g/mol. The molecule has 2 aromatic rings. The Kier molecular flexibility index (Phi) is 5.30.